The lowest BCUT2D eigenvalue weighted by Crippen LogP contribution is -2.12. The van der Waals surface area contributed by atoms with Crippen LogP contribution in [0.2, 0.25) is 5.02 Å². The lowest BCUT2D eigenvalue weighted by Gasteiger charge is -2.18. The number of nitrogens with zero attached hydrogens (tertiary/aromatic N) is 4. The van der Waals surface area contributed by atoms with E-state index in [2.05, 4.69) is 10.2 Å². The first kappa shape index (κ1) is 27.2. The highest BCUT2D eigenvalue weighted by molar-refractivity contribution is 7.99. The molecule has 12 heteroatoms. The van der Waals surface area contributed by atoms with Crippen LogP contribution in [0.3, 0.4) is 0 Å². The molecule has 0 radical (unpaired) electrons. The fourth-order valence-corrected chi connectivity index (χ4v) is 5.18. The first-order valence-electron chi connectivity index (χ1n) is 11.4. The normalized spacial score (nSPS) is 11.7. The van der Waals surface area contributed by atoms with Crippen LogP contribution in [0.1, 0.15) is 22.2 Å². The van der Waals surface area contributed by atoms with Crippen LogP contribution in [0.5, 0.6) is 17.2 Å². The molecule has 0 aliphatic rings. The van der Waals surface area contributed by atoms with E-state index in [0.717, 1.165) is 5.69 Å². The monoisotopic (exact) mass is 558 g/mol. The number of ether oxygens (including phenoxy) is 3. The summed E-state index contributed by atoms with van der Waals surface area (Å²) in [4.78, 5) is 11.2. The molecular formula is C26H24ClFN4O5S. The number of benzene rings is 3. The summed E-state index contributed by atoms with van der Waals surface area (Å²) in [6.45, 7) is 1.32. The number of aromatic nitrogens is 3. The minimum absolute atomic E-state index is 0.0700. The van der Waals surface area contributed by atoms with Gasteiger partial charge in [-0.1, -0.05) is 41.6 Å². The summed E-state index contributed by atoms with van der Waals surface area (Å²) < 4.78 is 32.3. The Morgan fingerprint density at radius 3 is 2.50 bits per heavy atom. The molecule has 1 aromatic heterocycles. The molecule has 0 saturated carbocycles. The van der Waals surface area contributed by atoms with E-state index < -0.39 is 22.5 Å². The minimum Gasteiger partial charge on any atom is -0.497 e. The summed E-state index contributed by atoms with van der Waals surface area (Å²) in [6, 6.07) is 16.8. The zero-order valence-electron chi connectivity index (χ0n) is 20.8. The van der Waals surface area contributed by atoms with E-state index in [-0.39, 0.29) is 23.1 Å². The Hall–Kier alpha value is -3.83. The van der Waals surface area contributed by atoms with Crippen LogP contribution in [0.15, 0.2) is 65.8 Å². The Kier molecular flexibility index (Phi) is 8.70. The van der Waals surface area contributed by atoms with Crippen molar-refractivity contribution in [3.05, 3.63) is 98.6 Å². The van der Waals surface area contributed by atoms with Gasteiger partial charge in [-0.3, -0.25) is 14.7 Å². The number of methoxy groups -OCH3 is 2. The summed E-state index contributed by atoms with van der Waals surface area (Å²) in [7, 11) is 3.02. The number of nitro groups is 1. The third-order valence-corrected chi connectivity index (χ3v) is 7.10. The van der Waals surface area contributed by atoms with Crippen molar-refractivity contribution in [1.29, 1.82) is 0 Å². The molecule has 0 aliphatic carbocycles. The fraction of sp³-hybridized carbons (Fsp3) is 0.231. The molecular weight excluding hydrogens is 535 g/mol. The van der Waals surface area contributed by atoms with Gasteiger partial charge >= 0.3 is 0 Å². The van der Waals surface area contributed by atoms with Crippen LogP contribution < -0.4 is 14.2 Å². The van der Waals surface area contributed by atoms with Gasteiger partial charge in [-0.2, -0.15) is 0 Å². The van der Waals surface area contributed by atoms with Crippen LogP contribution >= 0.6 is 23.4 Å². The van der Waals surface area contributed by atoms with E-state index in [1.807, 2.05) is 28.8 Å². The summed E-state index contributed by atoms with van der Waals surface area (Å²) >= 11 is 7.72. The molecule has 0 N–H and O–H groups in total. The van der Waals surface area contributed by atoms with Crippen molar-refractivity contribution in [3.8, 4) is 22.9 Å². The van der Waals surface area contributed by atoms with Gasteiger partial charge in [0.15, 0.2) is 16.7 Å². The lowest BCUT2D eigenvalue weighted by atomic mass is 10.1. The molecule has 3 aromatic carbocycles. The van der Waals surface area contributed by atoms with Crippen molar-refractivity contribution in [2.75, 3.05) is 20.8 Å². The molecule has 0 unspecified atom stereocenters. The highest BCUT2D eigenvalue weighted by Gasteiger charge is 2.26. The van der Waals surface area contributed by atoms with Crippen molar-refractivity contribution in [1.82, 2.24) is 14.8 Å². The zero-order chi connectivity index (χ0) is 27.2. The Labute approximate surface area is 227 Å². The van der Waals surface area contributed by atoms with Crippen molar-refractivity contribution >= 4 is 23.4 Å². The van der Waals surface area contributed by atoms with Gasteiger partial charge in [0.1, 0.15) is 29.2 Å². The molecule has 38 heavy (non-hydrogen) atoms. The van der Waals surface area contributed by atoms with Crippen molar-refractivity contribution < 1.29 is 23.5 Å². The van der Waals surface area contributed by atoms with Crippen LogP contribution in [-0.4, -0.2) is 40.5 Å². The standard InChI is InChI=1S/C26H24ClFN4O5S/c1-16-29-30-26(32(16)19-8-10-20(35-2)11-9-19)38-24(14-31(33)34)18-12-21(27)25(23(13-18)36-3)37-15-17-6-4-5-7-22(17)28/h4-13,24H,14-15H2,1-3H3/t24-/m0/s1. The molecule has 0 saturated heterocycles. The Morgan fingerprint density at radius 2 is 1.84 bits per heavy atom. The maximum atomic E-state index is 14.0. The third kappa shape index (κ3) is 6.17. The highest BCUT2D eigenvalue weighted by atomic mass is 35.5. The van der Waals surface area contributed by atoms with Gasteiger partial charge in [-0.15, -0.1) is 10.2 Å². The summed E-state index contributed by atoms with van der Waals surface area (Å²) in [5.74, 6) is 1.38. The van der Waals surface area contributed by atoms with Gasteiger partial charge in [0.2, 0.25) is 6.54 Å². The van der Waals surface area contributed by atoms with Gasteiger partial charge in [-0.25, -0.2) is 4.39 Å². The average Bonchev–Trinajstić information content (AvgIpc) is 3.27. The van der Waals surface area contributed by atoms with Gasteiger partial charge < -0.3 is 14.2 Å². The summed E-state index contributed by atoms with van der Waals surface area (Å²) in [5.41, 5.74) is 1.67. The smallest absolute Gasteiger partial charge is 0.220 e. The van der Waals surface area contributed by atoms with Crippen LogP contribution in [0.4, 0.5) is 4.39 Å². The molecule has 198 valence electrons. The number of aryl methyl sites for hydroxylation is 1. The highest BCUT2D eigenvalue weighted by Crippen LogP contribution is 2.43. The second-order valence-electron chi connectivity index (χ2n) is 8.10. The molecule has 0 fully saturated rings. The second-order valence-corrected chi connectivity index (χ2v) is 9.68. The number of hydrogen-bond donors (Lipinski definition) is 0. The summed E-state index contributed by atoms with van der Waals surface area (Å²) in [5, 5.41) is 20.0. The average molecular weight is 559 g/mol. The van der Waals surface area contributed by atoms with E-state index in [9.17, 15) is 14.5 Å². The summed E-state index contributed by atoms with van der Waals surface area (Å²) in [6.07, 6.45) is 0. The third-order valence-electron chi connectivity index (χ3n) is 5.64. The maximum absolute atomic E-state index is 14.0. The Bertz CT molecular complexity index is 1430. The molecule has 9 nitrogen and oxygen atoms in total. The minimum atomic E-state index is -0.683. The molecule has 0 spiro atoms. The molecule has 1 heterocycles. The molecule has 1 atom stereocenters. The Balaban J connectivity index is 1.65. The number of rotatable bonds is 11. The molecule has 4 rings (SSSR count). The quantitative estimate of drug-likeness (QED) is 0.124. The molecule has 0 aliphatic heterocycles. The largest absolute Gasteiger partial charge is 0.497 e. The second kappa shape index (κ2) is 12.1. The number of hydrogen-bond acceptors (Lipinski definition) is 8. The van der Waals surface area contributed by atoms with Gasteiger partial charge in [0.25, 0.3) is 0 Å². The molecule has 0 amide bonds. The van der Waals surface area contributed by atoms with Crippen LogP contribution in [-0.2, 0) is 6.61 Å². The maximum Gasteiger partial charge on any atom is 0.220 e. The van der Waals surface area contributed by atoms with Crippen molar-refractivity contribution in [2.24, 2.45) is 0 Å². The topological polar surface area (TPSA) is 102 Å². The van der Waals surface area contributed by atoms with Gasteiger partial charge in [0, 0.05) is 16.2 Å². The predicted octanol–water partition coefficient (Wildman–Crippen LogP) is 6.07. The van der Waals surface area contributed by atoms with Crippen LogP contribution in [0, 0.1) is 22.9 Å². The van der Waals surface area contributed by atoms with E-state index in [1.54, 1.807) is 44.4 Å². The van der Waals surface area contributed by atoms with E-state index in [4.69, 9.17) is 25.8 Å². The van der Waals surface area contributed by atoms with E-state index in [1.165, 1.54) is 24.9 Å². The molecule has 4 aromatic rings. The first-order chi connectivity index (χ1) is 18.3. The van der Waals surface area contributed by atoms with Gasteiger partial charge in [-0.05, 0) is 55.0 Å². The van der Waals surface area contributed by atoms with E-state index >= 15 is 0 Å². The van der Waals surface area contributed by atoms with Gasteiger partial charge in [0.05, 0.1) is 19.2 Å². The van der Waals surface area contributed by atoms with E-state index in [0.29, 0.717) is 27.9 Å². The van der Waals surface area contributed by atoms with Crippen LogP contribution in [0.25, 0.3) is 5.69 Å². The zero-order valence-corrected chi connectivity index (χ0v) is 22.3. The lowest BCUT2D eigenvalue weighted by molar-refractivity contribution is -0.479. The Morgan fingerprint density at radius 1 is 1.11 bits per heavy atom. The SMILES string of the molecule is COc1ccc(-n2c(C)nnc2S[C@@H](C[N+](=O)[O-])c2cc(Cl)c(OCc3ccccc3F)c(OC)c2)cc1. The fourth-order valence-electron chi connectivity index (χ4n) is 3.75. The molecule has 0 bridgehead atoms. The first-order valence-corrected chi connectivity index (χ1v) is 12.6. The van der Waals surface area contributed by atoms with Crippen molar-refractivity contribution in [3.63, 3.8) is 0 Å². The predicted molar refractivity (Wildman–Crippen MR) is 142 cm³/mol. The number of halogens is 2. The van der Waals surface area contributed by atoms with Crippen molar-refractivity contribution in [2.45, 2.75) is 23.9 Å². The number of thioether (sulfide) groups is 1.